The highest BCUT2D eigenvalue weighted by molar-refractivity contribution is 5.66. The lowest BCUT2D eigenvalue weighted by Gasteiger charge is -2.62. The Morgan fingerprint density at radius 3 is 2.24 bits per heavy atom. The molecule has 6 nitrogen and oxygen atoms in total. The molecular weight excluding hydrogens is 428 g/mol. The van der Waals surface area contributed by atoms with Crippen LogP contribution in [0.4, 0.5) is 0 Å². The molecule has 0 aromatic heterocycles. The molecule has 0 bridgehead atoms. The Morgan fingerprint density at radius 2 is 1.62 bits per heavy atom. The van der Waals surface area contributed by atoms with Crippen molar-refractivity contribution in [1.29, 1.82) is 0 Å². The quantitative estimate of drug-likeness (QED) is 0.423. The third-order valence-electron chi connectivity index (χ3n) is 11.3. The molecule has 0 radical (unpaired) electrons. The van der Waals surface area contributed by atoms with Gasteiger partial charge in [0.05, 0.1) is 12.2 Å². The normalized spacial score (nSPS) is 46.8. The summed E-state index contributed by atoms with van der Waals surface area (Å²) in [5.41, 5.74) is 0.216. The van der Waals surface area contributed by atoms with E-state index >= 15 is 0 Å². The molecule has 4 saturated carbocycles. The van der Waals surface area contributed by atoms with E-state index < -0.39 is 5.97 Å². The van der Waals surface area contributed by atoms with Gasteiger partial charge in [-0.3, -0.25) is 4.79 Å². The summed E-state index contributed by atoms with van der Waals surface area (Å²) in [6.45, 7) is 11.5. The van der Waals surface area contributed by atoms with Crippen LogP contribution in [-0.4, -0.2) is 59.7 Å². The Bertz CT molecular complexity index is 688. The molecule has 6 heteroatoms. The predicted octanol–water partition coefficient (Wildman–Crippen LogP) is 3.66. The van der Waals surface area contributed by atoms with Crippen LogP contribution in [0.3, 0.4) is 0 Å². The highest BCUT2D eigenvalue weighted by Crippen LogP contribution is 2.68. The molecule has 34 heavy (non-hydrogen) atoms. The van der Waals surface area contributed by atoms with Crippen molar-refractivity contribution in [2.75, 3.05) is 26.2 Å². The molecule has 5 fully saturated rings. The Labute approximate surface area is 206 Å². The molecule has 0 unspecified atom stereocenters. The maximum absolute atomic E-state index is 11.5. The first-order valence-corrected chi connectivity index (χ1v) is 14.2. The first-order chi connectivity index (χ1) is 16.2. The smallest absolute Gasteiger partial charge is 0.303 e. The number of carboxylic acids is 1. The maximum atomic E-state index is 11.5. The largest absolute Gasteiger partial charge is 0.481 e. The molecule has 0 amide bonds. The van der Waals surface area contributed by atoms with Crippen molar-refractivity contribution in [3.63, 3.8) is 0 Å². The summed E-state index contributed by atoms with van der Waals surface area (Å²) in [5.74, 6) is 2.55. The second-order valence-corrected chi connectivity index (χ2v) is 12.8. The van der Waals surface area contributed by atoms with Gasteiger partial charge in [0.2, 0.25) is 0 Å². The first kappa shape index (κ1) is 26.4. The topological polar surface area (TPSA) is 102 Å². The Hall–Kier alpha value is -0.690. The van der Waals surface area contributed by atoms with E-state index in [-0.39, 0.29) is 29.5 Å². The fourth-order valence-electron chi connectivity index (χ4n) is 9.32. The second kappa shape index (κ2) is 10.7. The Morgan fingerprint density at radius 1 is 0.941 bits per heavy atom. The number of aliphatic hydroxyl groups is 2. The lowest BCUT2D eigenvalue weighted by Crippen LogP contribution is -2.58. The zero-order chi connectivity index (χ0) is 24.5. The standard InChI is InChI=1S/C24H40O4.C4H10N2/c1-14(4-9-22(27)28)18-7-8-19-17-6-5-15-12-16(25)10-11-23(15,2)20(17)13-21(26)24(18,19)3;1-2-6-4-3-5-1/h14-21,25-26H,4-13H2,1-3H3,(H,27,28);5-6H,1-4H2/t14-,15-,16-,17+,18-,19+,20+,21+,23+,24-;/m1./s1. The molecule has 0 aromatic rings. The van der Waals surface area contributed by atoms with Crippen LogP contribution in [0.15, 0.2) is 0 Å². The molecule has 0 aromatic carbocycles. The average molecular weight is 479 g/mol. The molecule has 1 heterocycles. The summed E-state index contributed by atoms with van der Waals surface area (Å²) in [6, 6.07) is 0. The van der Waals surface area contributed by atoms with Gasteiger partial charge in [-0.15, -0.1) is 0 Å². The highest BCUT2D eigenvalue weighted by atomic mass is 16.4. The van der Waals surface area contributed by atoms with Crippen molar-refractivity contribution in [3.05, 3.63) is 0 Å². The number of hydrogen-bond acceptors (Lipinski definition) is 5. The average Bonchev–Trinajstić information content (AvgIpc) is 3.19. The number of aliphatic hydroxyl groups excluding tert-OH is 2. The number of rotatable bonds is 4. The van der Waals surface area contributed by atoms with Crippen molar-refractivity contribution in [2.45, 2.75) is 97.2 Å². The van der Waals surface area contributed by atoms with E-state index in [1.165, 1.54) is 19.3 Å². The van der Waals surface area contributed by atoms with Crippen LogP contribution >= 0.6 is 0 Å². The van der Waals surface area contributed by atoms with Gasteiger partial charge in [-0.05, 0) is 104 Å². The van der Waals surface area contributed by atoms with Crippen LogP contribution in [0.1, 0.15) is 85.0 Å². The number of fused-ring (bicyclic) bond motifs is 5. The van der Waals surface area contributed by atoms with Crippen LogP contribution in [0.25, 0.3) is 0 Å². The van der Waals surface area contributed by atoms with Gasteiger partial charge in [0, 0.05) is 32.6 Å². The van der Waals surface area contributed by atoms with Gasteiger partial charge in [-0.25, -0.2) is 0 Å². The van der Waals surface area contributed by atoms with Gasteiger partial charge in [0.25, 0.3) is 0 Å². The van der Waals surface area contributed by atoms with E-state index in [1.807, 2.05) is 0 Å². The van der Waals surface area contributed by atoms with Gasteiger partial charge < -0.3 is 26.0 Å². The van der Waals surface area contributed by atoms with Crippen molar-refractivity contribution in [1.82, 2.24) is 10.6 Å². The zero-order valence-corrected chi connectivity index (χ0v) is 21.8. The summed E-state index contributed by atoms with van der Waals surface area (Å²) < 4.78 is 0. The van der Waals surface area contributed by atoms with Crippen molar-refractivity contribution in [2.24, 2.45) is 46.3 Å². The number of carbonyl (C=O) groups is 1. The molecular formula is C28H50N2O4. The van der Waals surface area contributed by atoms with E-state index in [1.54, 1.807) is 0 Å². The Balaban J connectivity index is 0.000000398. The fourth-order valence-corrected chi connectivity index (χ4v) is 9.32. The minimum atomic E-state index is -0.707. The van der Waals surface area contributed by atoms with Crippen molar-refractivity contribution >= 4 is 5.97 Å². The van der Waals surface area contributed by atoms with Crippen molar-refractivity contribution < 1.29 is 20.1 Å². The summed E-state index contributed by atoms with van der Waals surface area (Å²) >= 11 is 0. The van der Waals surface area contributed by atoms with Crippen LogP contribution in [0, 0.1) is 46.3 Å². The lowest BCUT2D eigenvalue weighted by atomic mass is 9.43. The number of piperazine rings is 1. The van der Waals surface area contributed by atoms with E-state index in [0.29, 0.717) is 35.5 Å². The van der Waals surface area contributed by atoms with Gasteiger partial charge in [0.1, 0.15) is 0 Å². The van der Waals surface area contributed by atoms with E-state index in [4.69, 9.17) is 5.11 Å². The van der Waals surface area contributed by atoms with Crippen LogP contribution in [-0.2, 0) is 4.79 Å². The number of nitrogens with one attached hydrogen (secondary N) is 2. The molecule has 196 valence electrons. The summed E-state index contributed by atoms with van der Waals surface area (Å²) in [6.07, 6.45) is 9.26. The van der Waals surface area contributed by atoms with Crippen LogP contribution < -0.4 is 10.6 Å². The minimum Gasteiger partial charge on any atom is -0.481 e. The molecule has 0 spiro atoms. The number of aliphatic carboxylic acids is 1. The summed E-state index contributed by atoms with van der Waals surface area (Å²) in [4.78, 5) is 11.1. The molecule has 5 rings (SSSR count). The van der Waals surface area contributed by atoms with Gasteiger partial charge in [0.15, 0.2) is 0 Å². The molecule has 1 saturated heterocycles. The maximum Gasteiger partial charge on any atom is 0.303 e. The lowest BCUT2D eigenvalue weighted by molar-refractivity contribution is -0.175. The molecule has 5 N–H and O–H groups in total. The summed E-state index contributed by atoms with van der Waals surface area (Å²) in [7, 11) is 0. The molecule has 1 aliphatic heterocycles. The van der Waals surface area contributed by atoms with Gasteiger partial charge >= 0.3 is 5.97 Å². The minimum absolute atomic E-state index is 0.0591. The van der Waals surface area contributed by atoms with E-state index in [2.05, 4.69) is 31.4 Å². The van der Waals surface area contributed by atoms with Crippen LogP contribution in [0.5, 0.6) is 0 Å². The second-order valence-electron chi connectivity index (χ2n) is 12.8. The summed E-state index contributed by atoms with van der Waals surface area (Å²) in [5, 5.41) is 37.2. The van der Waals surface area contributed by atoms with Gasteiger partial charge in [-0.2, -0.15) is 0 Å². The number of hydrogen-bond donors (Lipinski definition) is 5. The predicted molar refractivity (Wildman–Crippen MR) is 134 cm³/mol. The van der Waals surface area contributed by atoms with E-state index in [9.17, 15) is 15.0 Å². The molecule has 4 aliphatic carbocycles. The monoisotopic (exact) mass is 478 g/mol. The molecule has 10 atom stereocenters. The first-order valence-electron chi connectivity index (χ1n) is 14.2. The number of carboxylic acid groups (broad SMARTS) is 1. The third-order valence-corrected chi connectivity index (χ3v) is 11.3. The third kappa shape index (κ3) is 4.94. The van der Waals surface area contributed by atoms with E-state index in [0.717, 1.165) is 64.7 Å². The Kier molecular flexibility index (Phi) is 8.33. The SMILES string of the molecule is C1CNCCN1.C[C@H](CCC(=O)O)[C@H]1CC[C@H]2[C@@H]3CC[C@@H]4C[C@H](O)CC[C@]4(C)[C@H]3C[C@H](O)[C@]12C. The zero-order valence-electron chi connectivity index (χ0n) is 21.8. The van der Waals surface area contributed by atoms with Gasteiger partial charge in [-0.1, -0.05) is 20.8 Å². The highest BCUT2D eigenvalue weighted by Gasteiger charge is 2.63. The fraction of sp³-hybridized carbons (Fsp3) is 0.964. The van der Waals surface area contributed by atoms with Crippen LogP contribution in [0.2, 0.25) is 0 Å². The van der Waals surface area contributed by atoms with Crippen molar-refractivity contribution in [3.8, 4) is 0 Å². The molecule has 5 aliphatic rings.